The van der Waals surface area contributed by atoms with Crippen molar-refractivity contribution in [2.24, 2.45) is 0 Å². The fraction of sp³-hybridized carbons (Fsp3) is 0. The van der Waals surface area contributed by atoms with E-state index in [4.69, 9.17) is 0 Å². The lowest BCUT2D eigenvalue weighted by Gasteiger charge is -2.14. The van der Waals surface area contributed by atoms with Gasteiger partial charge in [0, 0.05) is 39.1 Å². The highest BCUT2D eigenvalue weighted by atomic mass is 15.0. The molecule has 7 aromatic carbocycles. The zero-order chi connectivity index (χ0) is 27.6. The van der Waals surface area contributed by atoms with Gasteiger partial charge < -0.3 is 9.13 Å². The van der Waals surface area contributed by atoms with Crippen molar-refractivity contribution >= 4 is 43.5 Å². The van der Waals surface area contributed by atoms with E-state index >= 15 is 0 Å². The van der Waals surface area contributed by atoms with Crippen LogP contribution in [0.15, 0.2) is 158 Å². The maximum absolute atomic E-state index is 2.47. The first-order chi connectivity index (χ1) is 20.8. The Balaban J connectivity index is 1.40. The van der Waals surface area contributed by atoms with Crippen LogP contribution in [0.25, 0.3) is 77.1 Å². The Labute approximate surface area is 243 Å². The molecular formula is C40H26N2. The monoisotopic (exact) mass is 534 g/mol. The zero-order valence-electron chi connectivity index (χ0n) is 22.9. The Hall–Kier alpha value is -5.60. The summed E-state index contributed by atoms with van der Waals surface area (Å²) in [5, 5.41) is 6.50. The molecule has 0 radical (unpaired) electrons. The van der Waals surface area contributed by atoms with Gasteiger partial charge in [-0.2, -0.15) is 0 Å². The quantitative estimate of drug-likeness (QED) is 0.199. The minimum Gasteiger partial charge on any atom is -0.316 e. The summed E-state index contributed by atoms with van der Waals surface area (Å²) in [5.41, 5.74) is 10.9. The maximum Gasteiger partial charge on any atom is 0.0614 e. The van der Waals surface area contributed by atoms with E-state index in [1.54, 1.807) is 0 Å². The molecule has 0 saturated heterocycles. The second-order valence-corrected chi connectivity index (χ2v) is 11.0. The highest BCUT2D eigenvalue weighted by molar-refractivity contribution is 6.34. The summed E-state index contributed by atoms with van der Waals surface area (Å²) in [6, 6.07) is 54.9. The van der Waals surface area contributed by atoms with Crippen molar-refractivity contribution in [2.75, 3.05) is 0 Å². The van der Waals surface area contributed by atoms with E-state index in [-0.39, 0.29) is 0 Å². The Morgan fingerprint density at radius 1 is 0.357 bits per heavy atom. The second kappa shape index (κ2) is 8.95. The molecule has 0 aliphatic rings. The molecule has 0 spiro atoms. The van der Waals surface area contributed by atoms with Gasteiger partial charge >= 0.3 is 0 Å². The van der Waals surface area contributed by atoms with E-state index in [0.717, 1.165) is 0 Å². The third-order valence-corrected chi connectivity index (χ3v) is 8.67. The molecular weight excluding hydrogens is 508 g/mol. The molecule has 0 aliphatic carbocycles. The van der Waals surface area contributed by atoms with Gasteiger partial charge in [0.05, 0.1) is 16.6 Å². The third kappa shape index (κ3) is 3.33. The van der Waals surface area contributed by atoms with E-state index in [0.29, 0.717) is 0 Å². The van der Waals surface area contributed by atoms with Crippen LogP contribution >= 0.6 is 0 Å². The standard InChI is InChI=1S/C40H26N2/c1-4-12-27(13-5-1)29-24-30(28-14-6-2-7-15-28)26-32(25-29)42-36-20-10-18-33-34-22-23-41(31-16-8-3-9-17-31)40(34)35-19-11-21-37(42)39(35)38(33)36/h1-26H. The SMILES string of the molecule is c1ccc(-c2cc(-c3ccccc3)cc(-n3c4cccc5c6ccn(-c7ccccc7)c6c6cccc3c6c54)c2)cc1. The van der Waals surface area contributed by atoms with Gasteiger partial charge in [0.15, 0.2) is 0 Å². The van der Waals surface area contributed by atoms with Crippen LogP contribution < -0.4 is 0 Å². The van der Waals surface area contributed by atoms with Crippen LogP contribution in [0.5, 0.6) is 0 Å². The van der Waals surface area contributed by atoms with Crippen molar-refractivity contribution in [1.82, 2.24) is 9.13 Å². The highest BCUT2D eigenvalue weighted by Crippen LogP contribution is 2.45. The van der Waals surface area contributed by atoms with Crippen molar-refractivity contribution in [3.8, 4) is 33.6 Å². The summed E-state index contributed by atoms with van der Waals surface area (Å²) in [5.74, 6) is 0. The third-order valence-electron chi connectivity index (χ3n) is 8.67. The highest BCUT2D eigenvalue weighted by Gasteiger charge is 2.22. The molecule has 196 valence electrons. The van der Waals surface area contributed by atoms with Crippen LogP contribution in [-0.2, 0) is 0 Å². The first-order valence-corrected chi connectivity index (χ1v) is 14.5. The Bertz CT molecular complexity index is 2320. The van der Waals surface area contributed by atoms with Crippen LogP contribution in [0, 0.1) is 0 Å². The molecule has 42 heavy (non-hydrogen) atoms. The summed E-state index contributed by atoms with van der Waals surface area (Å²) in [6.07, 6.45) is 2.22. The number of hydrogen-bond acceptors (Lipinski definition) is 0. The van der Waals surface area contributed by atoms with Gasteiger partial charge in [-0.25, -0.2) is 0 Å². The van der Waals surface area contributed by atoms with Gasteiger partial charge in [-0.05, 0) is 76.2 Å². The van der Waals surface area contributed by atoms with Crippen LogP contribution in [0.2, 0.25) is 0 Å². The largest absolute Gasteiger partial charge is 0.316 e. The van der Waals surface area contributed by atoms with Gasteiger partial charge in [-0.15, -0.1) is 0 Å². The minimum absolute atomic E-state index is 1.17. The lowest BCUT2D eigenvalue weighted by molar-refractivity contribution is 1.13. The first-order valence-electron chi connectivity index (χ1n) is 14.5. The van der Waals surface area contributed by atoms with Crippen LogP contribution in [0.3, 0.4) is 0 Å². The van der Waals surface area contributed by atoms with E-state index in [2.05, 4.69) is 167 Å². The smallest absolute Gasteiger partial charge is 0.0614 e. The summed E-state index contributed by atoms with van der Waals surface area (Å²) >= 11 is 0. The lowest BCUT2D eigenvalue weighted by atomic mass is 9.98. The predicted octanol–water partition coefficient (Wildman–Crippen LogP) is 10.7. The van der Waals surface area contributed by atoms with Crippen LogP contribution in [0.4, 0.5) is 0 Å². The lowest BCUT2D eigenvalue weighted by Crippen LogP contribution is -1.96. The summed E-state index contributed by atoms with van der Waals surface area (Å²) < 4.78 is 4.81. The van der Waals surface area contributed by atoms with Gasteiger partial charge in [-0.1, -0.05) is 103 Å². The number of hydrogen-bond donors (Lipinski definition) is 0. The normalized spacial score (nSPS) is 11.8. The number of fused-ring (bicyclic) bond motifs is 3. The van der Waals surface area contributed by atoms with Crippen molar-refractivity contribution in [3.05, 3.63) is 158 Å². The molecule has 2 heteroatoms. The van der Waals surface area contributed by atoms with Crippen LogP contribution in [0.1, 0.15) is 0 Å². The number of para-hydroxylation sites is 1. The van der Waals surface area contributed by atoms with E-state index in [9.17, 15) is 0 Å². The molecule has 0 amide bonds. The number of rotatable bonds is 4. The molecule has 2 aromatic heterocycles. The Morgan fingerprint density at radius 3 is 1.52 bits per heavy atom. The number of nitrogens with zero attached hydrogens (tertiary/aromatic N) is 2. The van der Waals surface area contributed by atoms with Crippen molar-refractivity contribution in [1.29, 1.82) is 0 Å². The fourth-order valence-electron chi connectivity index (χ4n) is 6.87. The van der Waals surface area contributed by atoms with E-state index in [1.807, 2.05) is 0 Å². The molecule has 0 saturated carbocycles. The first kappa shape index (κ1) is 23.1. The minimum atomic E-state index is 1.17. The fourth-order valence-corrected chi connectivity index (χ4v) is 6.87. The maximum atomic E-state index is 2.47. The molecule has 0 unspecified atom stereocenters. The van der Waals surface area contributed by atoms with Crippen molar-refractivity contribution < 1.29 is 0 Å². The van der Waals surface area contributed by atoms with E-state index < -0.39 is 0 Å². The molecule has 0 bridgehead atoms. The van der Waals surface area contributed by atoms with Crippen molar-refractivity contribution in [2.45, 2.75) is 0 Å². The molecule has 9 aromatic rings. The molecule has 2 heterocycles. The molecule has 2 nitrogen and oxygen atoms in total. The van der Waals surface area contributed by atoms with E-state index in [1.165, 1.54) is 77.1 Å². The average molecular weight is 535 g/mol. The topological polar surface area (TPSA) is 9.86 Å². The molecule has 0 aliphatic heterocycles. The van der Waals surface area contributed by atoms with Gasteiger partial charge in [-0.3, -0.25) is 0 Å². The van der Waals surface area contributed by atoms with Gasteiger partial charge in [0.25, 0.3) is 0 Å². The van der Waals surface area contributed by atoms with Crippen molar-refractivity contribution in [3.63, 3.8) is 0 Å². The average Bonchev–Trinajstić information content (AvgIpc) is 3.67. The summed E-state index contributed by atoms with van der Waals surface area (Å²) in [4.78, 5) is 0. The molecule has 0 atom stereocenters. The van der Waals surface area contributed by atoms with Crippen LogP contribution in [-0.4, -0.2) is 9.13 Å². The Morgan fingerprint density at radius 2 is 0.905 bits per heavy atom. The van der Waals surface area contributed by atoms with Gasteiger partial charge in [0.1, 0.15) is 0 Å². The predicted molar refractivity (Wildman–Crippen MR) is 177 cm³/mol. The second-order valence-electron chi connectivity index (χ2n) is 11.0. The molecule has 0 fully saturated rings. The summed E-state index contributed by atoms with van der Waals surface area (Å²) in [7, 11) is 0. The number of benzene rings is 7. The van der Waals surface area contributed by atoms with Gasteiger partial charge in [0.2, 0.25) is 0 Å². The number of aromatic nitrogens is 2. The Kier molecular flexibility index (Phi) is 4.93. The molecule has 9 rings (SSSR count). The molecule has 0 N–H and O–H groups in total. The zero-order valence-corrected chi connectivity index (χ0v) is 22.9. The summed E-state index contributed by atoms with van der Waals surface area (Å²) in [6.45, 7) is 0.